The Hall–Kier alpha value is -2.24. The van der Waals surface area contributed by atoms with Gasteiger partial charge in [-0.2, -0.15) is 0 Å². The third kappa shape index (κ3) is 4.42. The Morgan fingerprint density at radius 1 is 1.04 bits per heavy atom. The van der Waals surface area contributed by atoms with Gasteiger partial charge >= 0.3 is 0 Å². The maximum atomic E-state index is 13.0. The smallest absolute Gasteiger partial charge is 0.254 e. The van der Waals surface area contributed by atoms with E-state index in [2.05, 4.69) is 4.90 Å². The van der Waals surface area contributed by atoms with Crippen LogP contribution in [0.25, 0.3) is 0 Å². The van der Waals surface area contributed by atoms with E-state index in [-0.39, 0.29) is 29.9 Å². The molecule has 1 amide bonds. The van der Waals surface area contributed by atoms with Crippen molar-refractivity contribution in [1.82, 2.24) is 9.80 Å². The summed E-state index contributed by atoms with van der Waals surface area (Å²) in [5.41, 5.74) is 2.50. The van der Waals surface area contributed by atoms with Crippen LogP contribution < -0.4 is 0 Å². The van der Waals surface area contributed by atoms with Crippen molar-refractivity contribution in [2.24, 2.45) is 5.92 Å². The van der Waals surface area contributed by atoms with Crippen LogP contribution in [0, 0.1) is 11.7 Å². The maximum Gasteiger partial charge on any atom is 0.254 e. The summed E-state index contributed by atoms with van der Waals surface area (Å²) in [6, 6.07) is 13.6. The number of hydrogen-bond acceptors (Lipinski definition) is 3. The summed E-state index contributed by atoms with van der Waals surface area (Å²) < 4.78 is 13.0. The normalized spacial score (nSPS) is 17.3. The molecular formula is C22H24ClFN2O2. The van der Waals surface area contributed by atoms with Crippen molar-refractivity contribution >= 4 is 24.1 Å². The third-order valence-electron chi connectivity index (χ3n) is 5.62. The van der Waals surface area contributed by atoms with E-state index in [1.807, 2.05) is 29.2 Å². The first-order valence-electron chi connectivity index (χ1n) is 9.48. The molecule has 0 bridgehead atoms. The van der Waals surface area contributed by atoms with E-state index in [1.54, 1.807) is 12.1 Å². The van der Waals surface area contributed by atoms with E-state index in [9.17, 15) is 14.0 Å². The number of Topliss-reactive ketones (excluding diaryl/α,β-unsaturated/α-hetero) is 1. The van der Waals surface area contributed by atoms with Crippen molar-refractivity contribution in [1.29, 1.82) is 0 Å². The lowest BCUT2D eigenvalue weighted by Crippen LogP contribution is -2.40. The molecule has 0 atom stereocenters. The summed E-state index contributed by atoms with van der Waals surface area (Å²) >= 11 is 0. The zero-order chi connectivity index (χ0) is 18.8. The SMILES string of the molecule is Cl.O=C(CN1CCC(CN2Cc3ccccc3C2=O)CC1)c1ccc(F)cc1. The highest BCUT2D eigenvalue weighted by molar-refractivity contribution is 5.98. The van der Waals surface area contributed by atoms with Crippen molar-refractivity contribution in [3.05, 3.63) is 71.0 Å². The van der Waals surface area contributed by atoms with E-state index in [0.717, 1.165) is 43.6 Å². The minimum atomic E-state index is -0.328. The first kappa shape index (κ1) is 20.5. The molecule has 2 aromatic rings. The van der Waals surface area contributed by atoms with Crippen molar-refractivity contribution in [3.8, 4) is 0 Å². The molecule has 6 heteroatoms. The van der Waals surface area contributed by atoms with Crippen LogP contribution in [0.1, 0.15) is 39.1 Å². The molecule has 1 fully saturated rings. The highest BCUT2D eigenvalue weighted by Gasteiger charge is 2.30. The number of fused-ring (bicyclic) bond motifs is 1. The van der Waals surface area contributed by atoms with Gasteiger partial charge in [-0.15, -0.1) is 12.4 Å². The van der Waals surface area contributed by atoms with Crippen LogP contribution in [0.2, 0.25) is 0 Å². The molecule has 148 valence electrons. The van der Waals surface area contributed by atoms with Gasteiger partial charge in [0.1, 0.15) is 5.82 Å². The summed E-state index contributed by atoms with van der Waals surface area (Å²) in [4.78, 5) is 29.0. The lowest BCUT2D eigenvalue weighted by atomic mass is 9.95. The molecule has 2 aliphatic heterocycles. The molecule has 2 heterocycles. The second-order valence-electron chi connectivity index (χ2n) is 7.49. The number of likely N-dealkylation sites (tertiary alicyclic amines) is 1. The van der Waals surface area contributed by atoms with Crippen molar-refractivity contribution < 1.29 is 14.0 Å². The van der Waals surface area contributed by atoms with Gasteiger partial charge in [0.15, 0.2) is 5.78 Å². The Kier molecular flexibility index (Phi) is 6.47. The zero-order valence-corrected chi connectivity index (χ0v) is 16.5. The standard InChI is InChI=1S/C22H23FN2O2.ClH/c23-19-7-5-17(6-8-19)21(26)15-24-11-9-16(10-12-24)13-25-14-18-3-1-2-4-20(18)22(25)27;/h1-8,16H,9-15H2;1H. The van der Waals surface area contributed by atoms with Gasteiger partial charge in [0.25, 0.3) is 5.91 Å². The number of carbonyl (C=O) groups excluding carboxylic acids is 2. The largest absolute Gasteiger partial charge is 0.334 e. The van der Waals surface area contributed by atoms with Crippen LogP contribution in [0.4, 0.5) is 4.39 Å². The van der Waals surface area contributed by atoms with E-state index in [1.165, 1.54) is 12.1 Å². The maximum absolute atomic E-state index is 13.0. The fraction of sp³-hybridized carbons (Fsp3) is 0.364. The van der Waals surface area contributed by atoms with Crippen molar-refractivity contribution in [2.45, 2.75) is 19.4 Å². The van der Waals surface area contributed by atoms with Gasteiger partial charge < -0.3 is 4.90 Å². The Balaban J connectivity index is 0.00000225. The summed E-state index contributed by atoms with van der Waals surface area (Å²) in [7, 11) is 0. The first-order valence-corrected chi connectivity index (χ1v) is 9.48. The average molecular weight is 403 g/mol. The Bertz CT molecular complexity index is 848. The van der Waals surface area contributed by atoms with Crippen molar-refractivity contribution in [2.75, 3.05) is 26.2 Å². The van der Waals surface area contributed by atoms with Crippen LogP contribution in [-0.2, 0) is 6.54 Å². The monoisotopic (exact) mass is 402 g/mol. The topological polar surface area (TPSA) is 40.6 Å². The highest BCUT2D eigenvalue weighted by atomic mass is 35.5. The summed E-state index contributed by atoms with van der Waals surface area (Å²) in [6.07, 6.45) is 1.97. The third-order valence-corrected chi connectivity index (χ3v) is 5.62. The Labute approximate surface area is 170 Å². The van der Waals surface area contributed by atoms with Crippen LogP contribution in [0.15, 0.2) is 48.5 Å². The second kappa shape index (κ2) is 8.84. The van der Waals surface area contributed by atoms with Gasteiger partial charge in [0.2, 0.25) is 0 Å². The number of amides is 1. The number of piperidine rings is 1. The summed E-state index contributed by atoms with van der Waals surface area (Å²) in [5.74, 6) is 0.310. The predicted octanol–water partition coefficient (Wildman–Crippen LogP) is 3.80. The van der Waals surface area contributed by atoms with Gasteiger partial charge in [-0.3, -0.25) is 14.5 Å². The lowest BCUT2D eigenvalue weighted by Gasteiger charge is -2.33. The van der Waals surface area contributed by atoms with Crippen LogP contribution in [0.3, 0.4) is 0 Å². The molecule has 0 unspecified atom stereocenters. The number of rotatable bonds is 5. The minimum Gasteiger partial charge on any atom is -0.334 e. The molecule has 2 aliphatic rings. The number of hydrogen-bond donors (Lipinski definition) is 0. The summed E-state index contributed by atoms with van der Waals surface area (Å²) in [6.45, 7) is 3.57. The average Bonchev–Trinajstić information content (AvgIpc) is 3.00. The number of ketones is 1. The van der Waals surface area contributed by atoms with E-state index in [0.29, 0.717) is 24.6 Å². The molecule has 2 aromatic carbocycles. The van der Waals surface area contributed by atoms with Crippen LogP contribution >= 0.6 is 12.4 Å². The van der Waals surface area contributed by atoms with Crippen LogP contribution in [-0.4, -0.2) is 47.7 Å². The van der Waals surface area contributed by atoms with Gasteiger partial charge in [0, 0.05) is 24.2 Å². The van der Waals surface area contributed by atoms with E-state index in [4.69, 9.17) is 0 Å². The Morgan fingerprint density at radius 2 is 1.71 bits per heavy atom. The molecule has 0 spiro atoms. The van der Waals surface area contributed by atoms with Gasteiger partial charge in [0.05, 0.1) is 6.54 Å². The Morgan fingerprint density at radius 3 is 2.39 bits per heavy atom. The lowest BCUT2D eigenvalue weighted by molar-refractivity contribution is 0.0707. The molecule has 0 saturated carbocycles. The molecule has 4 nitrogen and oxygen atoms in total. The van der Waals surface area contributed by atoms with Gasteiger partial charge in [-0.1, -0.05) is 18.2 Å². The van der Waals surface area contributed by atoms with Gasteiger partial charge in [-0.05, 0) is 67.7 Å². The second-order valence-corrected chi connectivity index (χ2v) is 7.49. The molecule has 1 saturated heterocycles. The number of halogens is 2. The minimum absolute atomic E-state index is 0. The zero-order valence-electron chi connectivity index (χ0n) is 15.6. The molecule has 4 rings (SSSR count). The number of nitrogens with zero attached hydrogens (tertiary/aromatic N) is 2. The van der Waals surface area contributed by atoms with E-state index >= 15 is 0 Å². The number of benzene rings is 2. The fourth-order valence-corrected chi connectivity index (χ4v) is 4.03. The fourth-order valence-electron chi connectivity index (χ4n) is 4.03. The van der Waals surface area contributed by atoms with E-state index < -0.39 is 0 Å². The van der Waals surface area contributed by atoms with Gasteiger partial charge in [-0.25, -0.2) is 4.39 Å². The molecule has 0 radical (unpaired) electrons. The first-order chi connectivity index (χ1) is 13.1. The highest BCUT2D eigenvalue weighted by Crippen LogP contribution is 2.26. The molecule has 0 N–H and O–H groups in total. The van der Waals surface area contributed by atoms with Crippen LogP contribution in [0.5, 0.6) is 0 Å². The quantitative estimate of drug-likeness (QED) is 0.714. The predicted molar refractivity (Wildman–Crippen MR) is 108 cm³/mol. The summed E-state index contributed by atoms with van der Waals surface area (Å²) in [5, 5.41) is 0. The molecule has 28 heavy (non-hydrogen) atoms. The van der Waals surface area contributed by atoms with Crippen molar-refractivity contribution in [3.63, 3.8) is 0 Å². The number of carbonyl (C=O) groups is 2. The molecule has 0 aromatic heterocycles. The molecular weight excluding hydrogens is 379 g/mol. The molecule has 0 aliphatic carbocycles.